The summed E-state index contributed by atoms with van der Waals surface area (Å²) in [5.74, 6) is 0.542. The Hall–Kier alpha value is -4.13. The van der Waals surface area contributed by atoms with Gasteiger partial charge in [-0.2, -0.15) is 0 Å². The van der Waals surface area contributed by atoms with E-state index >= 15 is 0 Å². The summed E-state index contributed by atoms with van der Waals surface area (Å²) >= 11 is 0. The highest BCUT2D eigenvalue weighted by molar-refractivity contribution is 6.01. The maximum absolute atomic E-state index is 12.5. The van der Waals surface area contributed by atoms with Gasteiger partial charge in [-0.1, -0.05) is 47.6 Å². The molecule has 0 atom stereocenters. The normalized spacial score (nSPS) is 10.6. The molecule has 1 heterocycles. The zero-order valence-corrected chi connectivity index (χ0v) is 16.2. The van der Waals surface area contributed by atoms with E-state index in [1.54, 1.807) is 49.6 Å². The number of aromatic nitrogens is 1. The molecular formula is C23H19N3O4. The third-order valence-corrected chi connectivity index (χ3v) is 4.61. The molecule has 7 nitrogen and oxygen atoms in total. The topological polar surface area (TPSA) is 93.5 Å². The van der Waals surface area contributed by atoms with Gasteiger partial charge in [0.05, 0.1) is 18.9 Å². The van der Waals surface area contributed by atoms with Crippen molar-refractivity contribution >= 4 is 22.7 Å². The molecule has 7 heteroatoms. The van der Waals surface area contributed by atoms with E-state index in [-0.39, 0.29) is 12.3 Å². The molecule has 0 unspecified atom stereocenters. The van der Waals surface area contributed by atoms with Crippen LogP contribution < -0.4 is 15.6 Å². The summed E-state index contributed by atoms with van der Waals surface area (Å²) in [5.41, 5.74) is 7.58. The number of carbonyl (C=O) groups excluding carboxylic acids is 2. The lowest BCUT2D eigenvalue weighted by Gasteiger charge is -2.08. The van der Waals surface area contributed by atoms with Crippen LogP contribution in [0, 0.1) is 0 Å². The van der Waals surface area contributed by atoms with Crippen molar-refractivity contribution in [3.05, 3.63) is 83.9 Å². The molecule has 0 aliphatic heterocycles. The van der Waals surface area contributed by atoms with E-state index in [1.807, 2.05) is 30.3 Å². The van der Waals surface area contributed by atoms with Gasteiger partial charge in [-0.25, -0.2) is 0 Å². The molecular weight excluding hydrogens is 382 g/mol. The first-order valence-electron chi connectivity index (χ1n) is 9.31. The first-order valence-corrected chi connectivity index (χ1v) is 9.31. The third kappa shape index (κ3) is 4.15. The maximum atomic E-state index is 12.5. The Morgan fingerprint density at radius 3 is 2.47 bits per heavy atom. The second-order valence-electron chi connectivity index (χ2n) is 6.64. The number of ether oxygens (including phenoxy) is 1. The Balaban J connectivity index is 1.43. The fourth-order valence-electron chi connectivity index (χ4n) is 3.05. The van der Waals surface area contributed by atoms with Crippen molar-refractivity contribution in [2.24, 2.45) is 0 Å². The number of hydrogen-bond acceptors (Lipinski definition) is 5. The number of amides is 2. The molecule has 150 valence electrons. The molecule has 2 N–H and O–H groups in total. The van der Waals surface area contributed by atoms with Gasteiger partial charge in [0.1, 0.15) is 11.3 Å². The molecule has 4 aromatic rings. The fraction of sp³-hybridized carbons (Fsp3) is 0.0870. The summed E-state index contributed by atoms with van der Waals surface area (Å²) < 4.78 is 10.6. The van der Waals surface area contributed by atoms with Crippen LogP contribution in [0.2, 0.25) is 0 Å². The van der Waals surface area contributed by atoms with Crippen LogP contribution in [0.15, 0.2) is 77.3 Å². The van der Waals surface area contributed by atoms with E-state index in [4.69, 9.17) is 9.26 Å². The van der Waals surface area contributed by atoms with Crippen LogP contribution in [0.25, 0.3) is 22.2 Å². The summed E-state index contributed by atoms with van der Waals surface area (Å²) in [6, 6.07) is 21.7. The van der Waals surface area contributed by atoms with E-state index in [0.29, 0.717) is 22.6 Å². The highest BCUT2D eigenvalue weighted by atomic mass is 16.5. The Morgan fingerprint density at radius 1 is 0.967 bits per heavy atom. The van der Waals surface area contributed by atoms with Crippen molar-refractivity contribution in [3.8, 4) is 17.1 Å². The van der Waals surface area contributed by atoms with Gasteiger partial charge in [-0.3, -0.25) is 20.4 Å². The predicted molar refractivity (Wildman–Crippen MR) is 112 cm³/mol. The average molecular weight is 401 g/mol. The van der Waals surface area contributed by atoms with Gasteiger partial charge in [0, 0.05) is 11.1 Å². The molecule has 0 bridgehead atoms. The van der Waals surface area contributed by atoms with Crippen molar-refractivity contribution in [2.45, 2.75) is 6.42 Å². The molecule has 0 aliphatic rings. The highest BCUT2D eigenvalue weighted by Crippen LogP contribution is 2.29. The van der Waals surface area contributed by atoms with Crippen LogP contribution in [0.4, 0.5) is 0 Å². The van der Waals surface area contributed by atoms with E-state index in [9.17, 15) is 9.59 Å². The molecule has 0 radical (unpaired) electrons. The quantitative estimate of drug-likeness (QED) is 0.499. The minimum atomic E-state index is -0.430. The Labute approximate surface area is 172 Å². The van der Waals surface area contributed by atoms with Gasteiger partial charge in [0.15, 0.2) is 5.76 Å². The smallest absolute Gasteiger partial charge is 0.269 e. The van der Waals surface area contributed by atoms with Crippen molar-refractivity contribution in [1.29, 1.82) is 0 Å². The molecule has 3 aromatic carbocycles. The zero-order valence-electron chi connectivity index (χ0n) is 16.2. The number of nitrogens with zero attached hydrogens (tertiary/aromatic N) is 1. The average Bonchev–Trinajstić information content (AvgIpc) is 3.22. The van der Waals surface area contributed by atoms with E-state index < -0.39 is 5.91 Å². The van der Waals surface area contributed by atoms with Crippen LogP contribution in [0.5, 0.6) is 5.75 Å². The number of nitrogens with one attached hydrogen (secondary N) is 2. The van der Waals surface area contributed by atoms with Crippen LogP contribution in [0.3, 0.4) is 0 Å². The first kappa shape index (κ1) is 19.2. The largest absolute Gasteiger partial charge is 0.497 e. The standard InChI is InChI=1S/C23H19N3O4/c1-29-18-10-7-15(8-11-18)13-21(27)24-25-23(28)17-9-12-20-19(14-17)22(30-26-20)16-5-3-2-4-6-16/h2-12,14H,13H2,1H3,(H,24,27)(H,25,28). The van der Waals surface area contributed by atoms with Gasteiger partial charge < -0.3 is 9.26 Å². The minimum absolute atomic E-state index is 0.132. The first-order chi connectivity index (χ1) is 14.6. The van der Waals surface area contributed by atoms with Crippen molar-refractivity contribution in [2.75, 3.05) is 7.11 Å². The summed E-state index contributed by atoms with van der Waals surface area (Å²) in [4.78, 5) is 24.6. The minimum Gasteiger partial charge on any atom is -0.497 e. The molecule has 2 amide bonds. The van der Waals surface area contributed by atoms with Crippen molar-refractivity contribution < 1.29 is 18.8 Å². The fourth-order valence-corrected chi connectivity index (χ4v) is 3.05. The third-order valence-electron chi connectivity index (χ3n) is 4.61. The molecule has 30 heavy (non-hydrogen) atoms. The van der Waals surface area contributed by atoms with Crippen molar-refractivity contribution in [3.63, 3.8) is 0 Å². The number of benzene rings is 3. The lowest BCUT2D eigenvalue weighted by atomic mass is 10.1. The summed E-state index contributed by atoms with van der Waals surface area (Å²) in [6.45, 7) is 0. The molecule has 4 rings (SSSR count). The Morgan fingerprint density at radius 2 is 1.73 bits per heavy atom. The van der Waals surface area contributed by atoms with Crippen LogP contribution in [-0.2, 0) is 11.2 Å². The number of fused-ring (bicyclic) bond motifs is 1. The van der Waals surface area contributed by atoms with E-state index in [2.05, 4.69) is 16.0 Å². The lowest BCUT2D eigenvalue weighted by Crippen LogP contribution is -2.42. The van der Waals surface area contributed by atoms with Crippen LogP contribution in [0.1, 0.15) is 15.9 Å². The lowest BCUT2D eigenvalue weighted by molar-refractivity contribution is -0.121. The summed E-state index contributed by atoms with van der Waals surface area (Å²) in [7, 11) is 1.58. The molecule has 0 spiro atoms. The Kier molecular flexibility index (Phi) is 5.43. The molecule has 0 aliphatic carbocycles. The van der Waals surface area contributed by atoms with E-state index in [0.717, 1.165) is 16.5 Å². The summed E-state index contributed by atoms with van der Waals surface area (Å²) in [5, 5.41) is 4.76. The van der Waals surface area contributed by atoms with Gasteiger partial charge in [0.2, 0.25) is 5.91 Å². The molecule has 1 aromatic heterocycles. The van der Waals surface area contributed by atoms with E-state index in [1.165, 1.54) is 0 Å². The number of methoxy groups -OCH3 is 1. The van der Waals surface area contributed by atoms with Crippen LogP contribution >= 0.6 is 0 Å². The van der Waals surface area contributed by atoms with Crippen molar-refractivity contribution in [1.82, 2.24) is 16.0 Å². The maximum Gasteiger partial charge on any atom is 0.269 e. The van der Waals surface area contributed by atoms with Gasteiger partial charge in [0.25, 0.3) is 5.91 Å². The Bertz CT molecular complexity index is 1180. The molecule has 0 saturated heterocycles. The number of hydrogen-bond donors (Lipinski definition) is 2. The number of hydrazine groups is 1. The van der Waals surface area contributed by atoms with Gasteiger partial charge in [-0.05, 0) is 35.9 Å². The second-order valence-corrected chi connectivity index (χ2v) is 6.64. The van der Waals surface area contributed by atoms with Gasteiger partial charge in [-0.15, -0.1) is 0 Å². The predicted octanol–water partition coefficient (Wildman–Crippen LogP) is 3.51. The highest BCUT2D eigenvalue weighted by Gasteiger charge is 2.14. The SMILES string of the molecule is COc1ccc(CC(=O)NNC(=O)c2ccc3noc(-c4ccccc4)c3c2)cc1. The monoisotopic (exact) mass is 401 g/mol. The van der Waals surface area contributed by atoms with Crippen LogP contribution in [-0.4, -0.2) is 24.1 Å². The number of carbonyl (C=O) groups is 2. The second kappa shape index (κ2) is 8.48. The number of rotatable bonds is 5. The summed E-state index contributed by atoms with van der Waals surface area (Å²) in [6.07, 6.45) is 0.132. The zero-order chi connectivity index (χ0) is 20.9. The molecule has 0 saturated carbocycles. The molecule has 0 fully saturated rings. The van der Waals surface area contributed by atoms with Gasteiger partial charge >= 0.3 is 0 Å².